The lowest BCUT2D eigenvalue weighted by Gasteiger charge is -2.31. The first-order valence-electron chi connectivity index (χ1n) is 5.08. The molecule has 0 aromatic carbocycles. The van der Waals surface area contributed by atoms with Gasteiger partial charge in [0, 0.05) is 5.25 Å². The van der Waals surface area contributed by atoms with Crippen molar-refractivity contribution in [2.45, 2.75) is 54.7 Å². The smallest absolute Gasteiger partial charge is 0.188 e. The molecule has 0 aromatic rings. The normalized spacial score (nSPS) is 20.6. The minimum absolute atomic E-state index is 0.258. The van der Waals surface area contributed by atoms with Crippen LogP contribution in [0, 0.1) is 0 Å². The van der Waals surface area contributed by atoms with Crippen molar-refractivity contribution in [2.75, 3.05) is 0 Å². The van der Waals surface area contributed by atoms with E-state index >= 15 is 0 Å². The van der Waals surface area contributed by atoms with Crippen LogP contribution in [-0.4, -0.2) is 22.6 Å². The Kier molecular flexibility index (Phi) is 4.26. The van der Waals surface area contributed by atoms with E-state index in [0.29, 0.717) is 12.8 Å². The number of rotatable bonds is 3. The Labute approximate surface area is 97.9 Å². The van der Waals surface area contributed by atoms with Crippen LogP contribution in [0.1, 0.15) is 32.1 Å². The van der Waals surface area contributed by atoms with E-state index in [1.54, 1.807) is 0 Å². The van der Waals surface area contributed by atoms with Crippen molar-refractivity contribution in [3.8, 4) is 0 Å². The molecular weight excluding hydrogens is 273 g/mol. The summed E-state index contributed by atoms with van der Waals surface area (Å²) in [5, 5.41) is -5.93. The highest BCUT2D eigenvalue weighted by Crippen LogP contribution is 2.54. The lowest BCUT2D eigenvalue weighted by molar-refractivity contribution is -0.330. The SMILES string of the molecule is FC(F)(F)C(F)(F)C(F)(F)SC1CCCCC1. The van der Waals surface area contributed by atoms with E-state index in [1.807, 2.05) is 0 Å². The van der Waals surface area contributed by atoms with Crippen LogP contribution < -0.4 is 0 Å². The molecule has 0 nitrogen and oxygen atoms in total. The summed E-state index contributed by atoms with van der Waals surface area (Å²) in [5.41, 5.74) is 0. The fraction of sp³-hybridized carbons (Fsp3) is 1.00. The van der Waals surface area contributed by atoms with E-state index < -0.39 is 34.4 Å². The molecule has 0 saturated heterocycles. The topological polar surface area (TPSA) is 0 Å². The fourth-order valence-electron chi connectivity index (χ4n) is 1.63. The van der Waals surface area contributed by atoms with E-state index in [1.165, 1.54) is 0 Å². The van der Waals surface area contributed by atoms with Crippen molar-refractivity contribution < 1.29 is 30.7 Å². The fourth-order valence-corrected chi connectivity index (χ4v) is 2.88. The third-order valence-electron chi connectivity index (χ3n) is 2.59. The highest BCUT2D eigenvalue weighted by Gasteiger charge is 2.73. The van der Waals surface area contributed by atoms with Crippen molar-refractivity contribution in [2.24, 2.45) is 0 Å². The van der Waals surface area contributed by atoms with E-state index in [-0.39, 0.29) is 12.8 Å². The number of hydrogen-bond acceptors (Lipinski definition) is 1. The number of alkyl halides is 7. The first-order valence-corrected chi connectivity index (χ1v) is 5.96. The van der Waals surface area contributed by atoms with E-state index in [2.05, 4.69) is 0 Å². The van der Waals surface area contributed by atoms with Gasteiger partial charge in [-0.2, -0.15) is 30.7 Å². The zero-order chi connectivity index (χ0) is 13.3. The number of thioether (sulfide) groups is 1. The van der Waals surface area contributed by atoms with Crippen LogP contribution in [0.3, 0.4) is 0 Å². The molecule has 0 aliphatic heterocycles. The standard InChI is InChI=1S/C9H11F7S/c10-7(11,8(12,13)14)9(15,16)17-6-4-2-1-3-5-6/h6H,1-5H2. The molecule has 17 heavy (non-hydrogen) atoms. The zero-order valence-electron chi connectivity index (χ0n) is 8.67. The maximum absolute atomic E-state index is 13.0. The van der Waals surface area contributed by atoms with Gasteiger partial charge in [-0.05, 0) is 12.8 Å². The molecule has 1 saturated carbocycles. The first kappa shape index (κ1) is 14.9. The molecule has 0 aromatic heterocycles. The van der Waals surface area contributed by atoms with Crippen molar-refractivity contribution in [1.29, 1.82) is 0 Å². The van der Waals surface area contributed by atoms with Crippen molar-refractivity contribution in [3.05, 3.63) is 0 Å². The Balaban J connectivity index is 2.72. The molecule has 0 radical (unpaired) electrons. The highest BCUT2D eigenvalue weighted by molar-refractivity contribution is 8.01. The molecule has 1 rings (SSSR count). The Bertz CT molecular complexity index is 255. The Morgan fingerprint density at radius 1 is 0.765 bits per heavy atom. The van der Waals surface area contributed by atoms with Gasteiger partial charge >= 0.3 is 17.4 Å². The number of hydrogen-bond donors (Lipinski definition) is 0. The summed E-state index contributed by atoms with van der Waals surface area (Å²) in [7, 11) is 0. The summed E-state index contributed by atoms with van der Waals surface area (Å²) in [6.07, 6.45) is -3.73. The maximum atomic E-state index is 13.0. The van der Waals surface area contributed by atoms with Crippen LogP contribution in [0.25, 0.3) is 0 Å². The van der Waals surface area contributed by atoms with Crippen molar-refractivity contribution in [3.63, 3.8) is 0 Å². The van der Waals surface area contributed by atoms with Gasteiger partial charge in [-0.1, -0.05) is 31.0 Å². The predicted octanol–water partition coefficient (Wildman–Crippen LogP) is 4.84. The average Bonchev–Trinajstić information content (AvgIpc) is 2.16. The molecule has 0 bridgehead atoms. The van der Waals surface area contributed by atoms with Crippen LogP contribution in [0.2, 0.25) is 0 Å². The molecule has 8 heteroatoms. The Morgan fingerprint density at radius 2 is 1.24 bits per heavy atom. The van der Waals surface area contributed by atoms with Crippen LogP contribution in [0.4, 0.5) is 30.7 Å². The summed E-state index contributed by atoms with van der Waals surface area (Å²) in [6, 6.07) is 0. The van der Waals surface area contributed by atoms with Crippen molar-refractivity contribution >= 4 is 11.8 Å². The van der Waals surface area contributed by atoms with E-state index in [0.717, 1.165) is 6.42 Å². The second kappa shape index (κ2) is 4.85. The minimum atomic E-state index is -6.22. The quantitative estimate of drug-likeness (QED) is 0.668. The molecule has 0 atom stereocenters. The third-order valence-corrected chi connectivity index (χ3v) is 3.95. The summed E-state index contributed by atoms with van der Waals surface area (Å²) in [6.45, 7) is 0. The molecular formula is C9H11F7S. The van der Waals surface area contributed by atoms with Crippen molar-refractivity contribution in [1.82, 2.24) is 0 Å². The first-order chi connectivity index (χ1) is 7.58. The minimum Gasteiger partial charge on any atom is -0.188 e. The second-order valence-corrected chi connectivity index (χ2v) is 5.38. The Hall–Kier alpha value is -0.140. The average molecular weight is 284 g/mol. The van der Waals surface area contributed by atoms with Crippen LogP contribution in [-0.2, 0) is 0 Å². The maximum Gasteiger partial charge on any atom is 0.460 e. The molecule has 0 heterocycles. The number of halogens is 7. The van der Waals surface area contributed by atoms with Gasteiger partial charge in [0.1, 0.15) is 0 Å². The molecule has 1 aliphatic carbocycles. The third kappa shape index (κ3) is 3.20. The van der Waals surface area contributed by atoms with Crippen LogP contribution in [0.15, 0.2) is 0 Å². The van der Waals surface area contributed by atoms with E-state index in [9.17, 15) is 30.7 Å². The molecule has 1 aliphatic rings. The summed E-state index contributed by atoms with van der Waals surface area (Å²) < 4.78 is 86.6. The largest absolute Gasteiger partial charge is 0.460 e. The predicted molar refractivity (Wildman–Crippen MR) is 50.4 cm³/mol. The van der Waals surface area contributed by atoms with Gasteiger partial charge in [0.25, 0.3) is 0 Å². The highest BCUT2D eigenvalue weighted by atomic mass is 32.2. The van der Waals surface area contributed by atoms with Gasteiger partial charge in [0.15, 0.2) is 0 Å². The van der Waals surface area contributed by atoms with Gasteiger partial charge in [-0.15, -0.1) is 0 Å². The van der Waals surface area contributed by atoms with Crippen LogP contribution in [0.5, 0.6) is 0 Å². The van der Waals surface area contributed by atoms with Gasteiger partial charge in [-0.3, -0.25) is 0 Å². The molecule has 102 valence electrons. The molecule has 0 unspecified atom stereocenters. The molecule has 0 spiro atoms. The van der Waals surface area contributed by atoms with Gasteiger partial charge in [0.05, 0.1) is 0 Å². The van der Waals surface area contributed by atoms with Gasteiger partial charge < -0.3 is 0 Å². The lowest BCUT2D eigenvalue weighted by Crippen LogP contribution is -2.50. The van der Waals surface area contributed by atoms with Gasteiger partial charge in [-0.25, -0.2) is 0 Å². The lowest BCUT2D eigenvalue weighted by atomic mass is 10.0. The van der Waals surface area contributed by atoms with Crippen LogP contribution >= 0.6 is 11.8 Å². The summed E-state index contributed by atoms with van der Waals surface area (Å²) >= 11 is -0.547. The summed E-state index contributed by atoms with van der Waals surface area (Å²) in [5.74, 6) is -5.98. The second-order valence-electron chi connectivity index (χ2n) is 3.97. The van der Waals surface area contributed by atoms with E-state index in [4.69, 9.17) is 0 Å². The summed E-state index contributed by atoms with van der Waals surface area (Å²) in [4.78, 5) is 0. The zero-order valence-corrected chi connectivity index (χ0v) is 9.48. The molecule has 1 fully saturated rings. The van der Waals surface area contributed by atoms with Gasteiger partial charge in [0.2, 0.25) is 0 Å². The monoisotopic (exact) mass is 284 g/mol. The molecule has 0 amide bonds. The Morgan fingerprint density at radius 3 is 1.65 bits per heavy atom. The molecule has 0 N–H and O–H groups in total.